The highest BCUT2D eigenvalue weighted by molar-refractivity contribution is 5.15. The molecule has 3 aromatic rings. The van der Waals surface area contributed by atoms with E-state index in [1.165, 1.54) is 16.7 Å². The van der Waals surface area contributed by atoms with Crippen LogP contribution >= 0.6 is 0 Å². The second-order valence-electron chi connectivity index (χ2n) is 6.95. The van der Waals surface area contributed by atoms with Gasteiger partial charge in [-0.15, -0.1) is 0 Å². The highest BCUT2D eigenvalue weighted by Crippen LogP contribution is 2.17. The van der Waals surface area contributed by atoms with E-state index in [1.807, 2.05) is 42.5 Å². The SMILES string of the molecule is CC(OCc1ccccc1)N(Cc1ccccc1)C(C)OCc1ccccc1. The number of ether oxygens (including phenoxy) is 2. The highest BCUT2D eigenvalue weighted by atomic mass is 16.5. The minimum absolute atomic E-state index is 0.0776. The van der Waals surface area contributed by atoms with Crippen molar-refractivity contribution in [1.82, 2.24) is 4.90 Å². The lowest BCUT2D eigenvalue weighted by atomic mass is 10.2. The van der Waals surface area contributed by atoms with Crippen molar-refractivity contribution >= 4 is 0 Å². The molecule has 0 N–H and O–H groups in total. The molecule has 0 radical (unpaired) electrons. The quantitative estimate of drug-likeness (QED) is 0.430. The Labute approximate surface area is 168 Å². The van der Waals surface area contributed by atoms with Crippen LogP contribution in [-0.2, 0) is 29.2 Å². The van der Waals surface area contributed by atoms with Gasteiger partial charge in [-0.3, -0.25) is 0 Å². The van der Waals surface area contributed by atoms with Crippen LogP contribution < -0.4 is 0 Å². The van der Waals surface area contributed by atoms with Crippen molar-refractivity contribution in [2.75, 3.05) is 0 Å². The number of rotatable bonds is 10. The fraction of sp³-hybridized carbons (Fsp3) is 0.280. The van der Waals surface area contributed by atoms with Crippen molar-refractivity contribution in [1.29, 1.82) is 0 Å². The Balaban J connectivity index is 1.64. The van der Waals surface area contributed by atoms with Gasteiger partial charge in [0.25, 0.3) is 0 Å². The molecular formula is C25H29NO2. The third kappa shape index (κ3) is 6.31. The topological polar surface area (TPSA) is 21.7 Å². The maximum absolute atomic E-state index is 6.18. The third-order valence-corrected chi connectivity index (χ3v) is 4.81. The van der Waals surface area contributed by atoms with Gasteiger partial charge in [0.15, 0.2) is 0 Å². The van der Waals surface area contributed by atoms with E-state index in [4.69, 9.17) is 9.47 Å². The van der Waals surface area contributed by atoms with Crippen LogP contribution in [0.25, 0.3) is 0 Å². The molecule has 0 aliphatic heterocycles. The molecule has 28 heavy (non-hydrogen) atoms. The van der Waals surface area contributed by atoms with Crippen LogP contribution in [0.1, 0.15) is 30.5 Å². The molecule has 3 heteroatoms. The van der Waals surface area contributed by atoms with Gasteiger partial charge in [0.05, 0.1) is 13.2 Å². The van der Waals surface area contributed by atoms with E-state index in [0.717, 1.165) is 6.54 Å². The molecule has 2 unspecified atom stereocenters. The molecule has 0 amide bonds. The van der Waals surface area contributed by atoms with Gasteiger partial charge in [0.1, 0.15) is 12.5 Å². The summed E-state index contributed by atoms with van der Waals surface area (Å²) in [5.74, 6) is 0. The van der Waals surface area contributed by atoms with E-state index in [1.54, 1.807) is 0 Å². The summed E-state index contributed by atoms with van der Waals surface area (Å²) in [6.45, 7) is 6.12. The van der Waals surface area contributed by atoms with E-state index in [0.29, 0.717) is 13.2 Å². The molecule has 0 aromatic heterocycles. The lowest BCUT2D eigenvalue weighted by molar-refractivity contribution is -0.154. The number of hydrogen-bond donors (Lipinski definition) is 0. The summed E-state index contributed by atoms with van der Waals surface area (Å²) in [6, 6.07) is 31.0. The first-order chi connectivity index (χ1) is 13.7. The average Bonchev–Trinajstić information content (AvgIpc) is 2.76. The first-order valence-electron chi connectivity index (χ1n) is 9.83. The maximum Gasteiger partial charge on any atom is 0.110 e. The average molecular weight is 376 g/mol. The molecular weight excluding hydrogens is 346 g/mol. The zero-order valence-corrected chi connectivity index (χ0v) is 16.7. The van der Waals surface area contributed by atoms with Gasteiger partial charge in [-0.2, -0.15) is 0 Å². The predicted octanol–water partition coefficient (Wildman–Crippen LogP) is 5.61. The summed E-state index contributed by atoms with van der Waals surface area (Å²) >= 11 is 0. The van der Waals surface area contributed by atoms with Gasteiger partial charge in [-0.1, -0.05) is 91.0 Å². The molecule has 3 aromatic carbocycles. The smallest absolute Gasteiger partial charge is 0.110 e. The van der Waals surface area contributed by atoms with E-state index >= 15 is 0 Å². The van der Waals surface area contributed by atoms with Crippen molar-refractivity contribution in [3.05, 3.63) is 108 Å². The summed E-state index contributed by atoms with van der Waals surface area (Å²) in [5.41, 5.74) is 3.59. The van der Waals surface area contributed by atoms with Crippen LogP contribution in [0.5, 0.6) is 0 Å². The molecule has 0 saturated carbocycles. The summed E-state index contributed by atoms with van der Waals surface area (Å²) in [6.07, 6.45) is -0.155. The lowest BCUT2D eigenvalue weighted by Gasteiger charge is -2.34. The Hall–Kier alpha value is -2.46. The number of benzene rings is 3. The zero-order chi connectivity index (χ0) is 19.6. The van der Waals surface area contributed by atoms with E-state index in [9.17, 15) is 0 Å². The molecule has 0 saturated heterocycles. The summed E-state index contributed by atoms with van der Waals surface area (Å²) < 4.78 is 12.4. The maximum atomic E-state index is 6.18. The normalized spacial score (nSPS) is 13.4. The Morgan fingerprint density at radius 1 is 0.571 bits per heavy atom. The van der Waals surface area contributed by atoms with Crippen LogP contribution in [0.15, 0.2) is 91.0 Å². The van der Waals surface area contributed by atoms with Gasteiger partial charge in [0.2, 0.25) is 0 Å². The van der Waals surface area contributed by atoms with Crippen LogP contribution in [0.4, 0.5) is 0 Å². The van der Waals surface area contributed by atoms with Crippen molar-refractivity contribution in [3.8, 4) is 0 Å². The molecule has 146 valence electrons. The van der Waals surface area contributed by atoms with Crippen LogP contribution in [0, 0.1) is 0 Å². The molecule has 0 bridgehead atoms. The summed E-state index contributed by atoms with van der Waals surface area (Å²) in [4.78, 5) is 2.25. The van der Waals surface area contributed by atoms with E-state index in [2.05, 4.69) is 67.3 Å². The lowest BCUT2D eigenvalue weighted by Crippen LogP contribution is -2.42. The van der Waals surface area contributed by atoms with E-state index in [-0.39, 0.29) is 12.5 Å². The van der Waals surface area contributed by atoms with Gasteiger partial charge in [-0.25, -0.2) is 4.90 Å². The second-order valence-corrected chi connectivity index (χ2v) is 6.95. The molecule has 0 spiro atoms. The first-order valence-corrected chi connectivity index (χ1v) is 9.83. The molecule has 0 fully saturated rings. The molecule has 0 aliphatic rings. The van der Waals surface area contributed by atoms with Crippen molar-refractivity contribution in [3.63, 3.8) is 0 Å². The van der Waals surface area contributed by atoms with Gasteiger partial charge >= 0.3 is 0 Å². The van der Waals surface area contributed by atoms with Gasteiger partial charge in [0, 0.05) is 6.54 Å². The minimum Gasteiger partial charge on any atom is -0.359 e. The van der Waals surface area contributed by atoms with Gasteiger partial charge < -0.3 is 9.47 Å². The predicted molar refractivity (Wildman–Crippen MR) is 113 cm³/mol. The minimum atomic E-state index is -0.0776. The molecule has 3 nitrogen and oxygen atoms in total. The Morgan fingerprint density at radius 2 is 0.929 bits per heavy atom. The molecule has 0 heterocycles. The second kappa shape index (κ2) is 10.8. The first kappa shape index (κ1) is 20.3. The summed E-state index contributed by atoms with van der Waals surface area (Å²) in [7, 11) is 0. The highest BCUT2D eigenvalue weighted by Gasteiger charge is 2.22. The van der Waals surface area contributed by atoms with Crippen LogP contribution in [0.2, 0.25) is 0 Å². The fourth-order valence-corrected chi connectivity index (χ4v) is 3.12. The standard InChI is InChI=1S/C25H29NO2/c1-21(27-19-24-14-8-4-9-15-24)26(18-23-12-6-3-7-13-23)22(2)28-20-25-16-10-5-11-17-25/h3-17,21-22H,18-20H2,1-2H3. The fourth-order valence-electron chi connectivity index (χ4n) is 3.12. The number of hydrogen-bond acceptors (Lipinski definition) is 3. The molecule has 0 aliphatic carbocycles. The van der Waals surface area contributed by atoms with Crippen LogP contribution in [0.3, 0.4) is 0 Å². The van der Waals surface area contributed by atoms with E-state index < -0.39 is 0 Å². The monoisotopic (exact) mass is 375 g/mol. The number of nitrogens with zero attached hydrogens (tertiary/aromatic N) is 1. The Kier molecular flexibility index (Phi) is 7.80. The summed E-state index contributed by atoms with van der Waals surface area (Å²) in [5, 5.41) is 0. The van der Waals surface area contributed by atoms with Crippen molar-refractivity contribution in [2.45, 2.75) is 46.1 Å². The Bertz CT molecular complexity index is 743. The largest absolute Gasteiger partial charge is 0.359 e. The van der Waals surface area contributed by atoms with Crippen molar-refractivity contribution in [2.24, 2.45) is 0 Å². The molecule has 3 rings (SSSR count). The van der Waals surface area contributed by atoms with Crippen molar-refractivity contribution < 1.29 is 9.47 Å². The zero-order valence-electron chi connectivity index (χ0n) is 16.7. The van der Waals surface area contributed by atoms with Crippen LogP contribution in [-0.4, -0.2) is 17.4 Å². The third-order valence-electron chi connectivity index (χ3n) is 4.81. The molecule has 2 atom stereocenters. The Morgan fingerprint density at radius 3 is 1.32 bits per heavy atom. The van der Waals surface area contributed by atoms with Gasteiger partial charge in [-0.05, 0) is 30.5 Å².